The molecule has 3 nitrogen and oxygen atoms in total. The van der Waals surface area contributed by atoms with E-state index in [1.54, 1.807) is 0 Å². The summed E-state index contributed by atoms with van der Waals surface area (Å²) in [6.07, 6.45) is 2.88. The van der Waals surface area contributed by atoms with E-state index < -0.39 is 0 Å². The molecule has 1 aliphatic rings. The first kappa shape index (κ1) is 7.53. The normalized spacial score (nSPS) is 14.6. The maximum Gasteiger partial charge on any atom is 0.147 e. The molecule has 0 aromatic carbocycles. The zero-order valence-electron chi connectivity index (χ0n) is 7.46. The van der Waals surface area contributed by atoms with Gasteiger partial charge in [-0.1, -0.05) is 13.8 Å². The maximum atomic E-state index is 4.53. The van der Waals surface area contributed by atoms with Gasteiger partial charge >= 0.3 is 0 Å². The fourth-order valence-corrected chi connectivity index (χ4v) is 1.34. The molecule has 1 aromatic heterocycles. The van der Waals surface area contributed by atoms with E-state index in [4.69, 9.17) is 0 Å². The molecule has 0 saturated carbocycles. The number of anilines is 1. The molecule has 2 rings (SSSR count). The second-order valence-electron chi connectivity index (χ2n) is 3.42. The summed E-state index contributed by atoms with van der Waals surface area (Å²) in [5.74, 6) is 1.45. The van der Waals surface area contributed by atoms with Crippen molar-refractivity contribution in [2.75, 3.05) is 11.9 Å². The Labute approximate surface area is 72.2 Å². The standard InChI is InChI=1S/C9H13N3/c1-6(2)8-5-11-9-7(12-8)3-4-10-9/h5-6H,3-4H2,1-2H3,(H,10,11). The molecule has 2 heterocycles. The third-order valence-corrected chi connectivity index (χ3v) is 2.11. The van der Waals surface area contributed by atoms with Gasteiger partial charge in [0, 0.05) is 13.0 Å². The number of aromatic nitrogens is 2. The first-order chi connectivity index (χ1) is 5.77. The lowest BCUT2D eigenvalue weighted by molar-refractivity contribution is 0.801. The summed E-state index contributed by atoms with van der Waals surface area (Å²) >= 11 is 0. The smallest absolute Gasteiger partial charge is 0.147 e. The van der Waals surface area contributed by atoms with Gasteiger partial charge < -0.3 is 5.32 Å². The number of nitrogens with one attached hydrogen (secondary N) is 1. The average molecular weight is 163 g/mol. The summed E-state index contributed by atoms with van der Waals surface area (Å²) in [5, 5.41) is 3.19. The highest BCUT2D eigenvalue weighted by Crippen LogP contribution is 2.19. The molecule has 0 spiro atoms. The van der Waals surface area contributed by atoms with Crippen LogP contribution in [0.25, 0.3) is 0 Å². The molecule has 0 fully saturated rings. The van der Waals surface area contributed by atoms with Crippen LogP contribution in [0.3, 0.4) is 0 Å². The molecular weight excluding hydrogens is 150 g/mol. The first-order valence-corrected chi connectivity index (χ1v) is 4.37. The number of hydrogen-bond donors (Lipinski definition) is 1. The topological polar surface area (TPSA) is 37.8 Å². The van der Waals surface area contributed by atoms with Gasteiger partial charge in [0.1, 0.15) is 5.82 Å². The van der Waals surface area contributed by atoms with Crippen LogP contribution in [0.4, 0.5) is 5.82 Å². The Kier molecular flexibility index (Phi) is 1.71. The van der Waals surface area contributed by atoms with E-state index in [9.17, 15) is 0 Å². The molecule has 0 unspecified atom stereocenters. The minimum absolute atomic E-state index is 0.475. The SMILES string of the molecule is CC(C)c1cnc2c(n1)CCN2. The molecule has 0 bridgehead atoms. The average Bonchev–Trinajstić information content (AvgIpc) is 2.49. The van der Waals surface area contributed by atoms with Crippen LogP contribution in [-0.2, 0) is 6.42 Å². The van der Waals surface area contributed by atoms with Gasteiger partial charge in [-0.15, -0.1) is 0 Å². The Morgan fingerprint density at radius 2 is 2.33 bits per heavy atom. The van der Waals surface area contributed by atoms with E-state index in [2.05, 4.69) is 29.1 Å². The minimum Gasteiger partial charge on any atom is -0.368 e. The summed E-state index contributed by atoms with van der Waals surface area (Å²) in [7, 11) is 0. The van der Waals surface area contributed by atoms with Gasteiger partial charge in [0.15, 0.2) is 0 Å². The summed E-state index contributed by atoms with van der Waals surface area (Å²) in [4.78, 5) is 8.83. The molecule has 0 aliphatic carbocycles. The Balaban J connectivity index is 2.39. The van der Waals surface area contributed by atoms with Crippen molar-refractivity contribution in [2.24, 2.45) is 0 Å². The number of fused-ring (bicyclic) bond motifs is 1. The van der Waals surface area contributed by atoms with Crippen LogP contribution >= 0.6 is 0 Å². The maximum absolute atomic E-state index is 4.53. The summed E-state index contributed by atoms with van der Waals surface area (Å²) in [5.41, 5.74) is 2.22. The van der Waals surface area contributed by atoms with Crippen molar-refractivity contribution in [1.82, 2.24) is 9.97 Å². The van der Waals surface area contributed by atoms with E-state index >= 15 is 0 Å². The van der Waals surface area contributed by atoms with Crippen LogP contribution in [0, 0.1) is 0 Å². The van der Waals surface area contributed by atoms with E-state index in [1.807, 2.05) is 6.20 Å². The number of hydrogen-bond acceptors (Lipinski definition) is 3. The van der Waals surface area contributed by atoms with Crippen LogP contribution in [0.15, 0.2) is 6.20 Å². The number of nitrogens with zero attached hydrogens (tertiary/aromatic N) is 2. The molecule has 3 heteroatoms. The van der Waals surface area contributed by atoms with Gasteiger partial charge in [-0.2, -0.15) is 0 Å². The highest BCUT2D eigenvalue weighted by atomic mass is 15.0. The van der Waals surface area contributed by atoms with Gasteiger partial charge in [0.05, 0.1) is 17.6 Å². The molecule has 12 heavy (non-hydrogen) atoms. The van der Waals surface area contributed by atoms with Crippen molar-refractivity contribution in [3.05, 3.63) is 17.6 Å². The summed E-state index contributed by atoms with van der Waals surface area (Å²) in [6, 6.07) is 0. The van der Waals surface area contributed by atoms with Crippen LogP contribution < -0.4 is 5.32 Å². The van der Waals surface area contributed by atoms with Crippen molar-refractivity contribution in [3.63, 3.8) is 0 Å². The fourth-order valence-electron chi connectivity index (χ4n) is 1.34. The molecule has 0 saturated heterocycles. The van der Waals surface area contributed by atoms with E-state index in [-0.39, 0.29) is 0 Å². The third kappa shape index (κ3) is 1.15. The molecule has 1 aliphatic heterocycles. The number of rotatable bonds is 1. The van der Waals surface area contributed by atoms with Crippen LogP contribution in [0.1, 0.15) is 31.2 Å². The predicted octanol–water partition coefficient (Wildman–Crippen LogP) is 1.57. The van der Waals surface area contributed by atoms with Gasteiger partial charge in [-0.3, -0.25) is 4.98 Å². The Bertz CT molecular complexity index is 294. The van der Waals surface area contributed by atoms with Gasteiger partial charge in [0.2, 0.25) is 0 Å². The van der Waals surface area contributed by atoms with Crippen LogP contribution in [0.2, 0.25) is 0 Å². The molecule has 1 N–H and O–H groups in total. The lowest BCUT2D eigenvalue weighted by Crippen LogP contribution is -1.98. The Morgan fingerprint density at radius 3 is 3.08 bits per heavy atom. The van der Waals surface area contributed by atoms with Crippen LogP contribution in [0.5, 0.6) is 0 Å². The Hall–Kier alpha value is -1.12. The van der Waals surface area contributed by atoms with Gasteiger partial charge in [-0.25, -0.2) is 4.98 Å². The molecule has 1 aromatic rings. The molecule has 0 radical (unpaired) electrons. The fraction of sp³-hybridized carbons (Fsp3) is 0.556. The summed E-state index contributed by atoms with van der Waals surface area (Å²) in [6.45, 7) is 5.26. The van der Waals surface area contributed by atoms with Crippen molar-refractivity contribution in [3.8, 4) is 0 Å². The lowest BCUT2D eigenvalue weighted by Gasteiger charge is -2.04. The first-order valence-electron chi connectivity index (χ1n) is 4.37. The second kappa shape index (κ2) is 2.73. The molecule has 0 amide bonds. The van der Waals surface area contributed by atoms with Crippen molar-refractivity contribution >= 4 is 5.82 Å². The quantitative estimate of drug-likeness (QED) is 0.682. The molecule has 0 atom stereocenters. The summed E-state index contributed by atoms with van der Waals surface area (Å²) < 4.78 is 0. The van der Waals surface area contributed by atoms with Crippen molar-refractivity contribution in [1.29, 1.82) is 0 Å². The lowest BCUT2D eigenvalue weighted by atomic mass is 10.1. The molecule has 64 valence electrons. The zero-order valence-corrected chi connectivity index (χ0v) is 7.46. The van der Waals surface area contributed by atoms with Gasteiger partial charge in [0.25, 0.3) is 0 Å². The van der Waals surface area contributed by atoms with E-state index in [1.165, 1.54) is 0 Å². The van der Waals surface area contributed by atoms with Crippen LogP contribution in [-0.4, -0.2) is 16.5 Å². The zero-order chi connectivity index (χ0) is 8.55. The highest BCUT2D eigenvalue weighted by molar-refractivity contribution is 5.45. The third-order valence-electron chi connectivity index (χ3n) is 2.11. The van der Waals surface area contributed by atoms with Crippen molar-refractivity contribution < 1.29 is 0 Å². The second-order valence-corrected chi connectivity index (χ2v) is 3.42. The minimum atomic E-state index is 0.475. The van der Waals surface area contributed by atoms with E-state index in [0.29, 0.717) is 5.92 Å². The van der Waals surface area contributed by atoms with E-state index in [0.717, 1.165) is 30.2 Å². The highest BCUT2D eigenvalue weighted by Gasteiger charge is 2.13. The van der Waals surface area contributed by atoms with Crippen molar-refractivity contribution in [2.45, 2.75) is 26.2 Å². The largest absolute Gasteiger partial charge is 0.368 e. The Morgan fingerprint density at radius 1 is 1.50 bits per heavy atom. The predicted molar refractivity (Wildman–Crippen MR) is 48.3 cm³/mol. The molecular formula is C9H13N3. The van der Waals surface area contributed by atoms with Gasteiger partial charge in [-0.05, 0) is 5.92 Å². The monoisotopic (exact) mass is 163 g/mol.